The highest BCUT2D eigenvalue weighted by Crippen LogP contribution is 2.30. The minimum Gasteiger partial charge on any atom is -0.508 e. The van der Waals surface area contributed by atoms with Gasteiger partial charge in [-0.2, -0.15) is 26.3 Å². The fourth-order valence-electron chi connectivity index (χ4n) is 7.56. The van der Waals surface area contributed by atoms with Crippen molar-refractivity contribution in [3.05, 3.63) is 248 Å². The van der Waals surface area contributed by atoms with Gasteiger partial charge in [0.2, 0.25) is 0 Å². The highest BCUT2D eigenvalue weighted by molar-refractivity contribution is 6.30. The van der Waals surface area contributed by atoms with E-state index in [2.05, 4.69) is 166 Å². The van der Waals surface area contributed by atoms with Crippen LogP contribution >= 0.6 is 23.2 Å². The molecule has 89 heavy (non-hydrogen) atoms. The number of hydrogen-bond acceptors (Lipinski definition) is 6. The molecule has 0 saturated heterocycles. The van der Waals surface area contributed by atoms with Crippen LogP contribution in [-0.4, -0.2) is 34.3 Å². The molecular formula is C75H97Cl2F6N3O3. The molecule has 0 aliphatic carbocycles. The van der Waals surface area contributed by atoms with Crippen molar-refractivity contribution in [2.45, 2.75) is 178 Å². The molecule has 0 amide bonds. The summed E-state index contributed by atoms with van der Waals surface area (Å²) >= 11 is 11.4. The average molecular weight is 1270 g/mol. The SMILES string of the molecule is CC(C)Cc1ccc(Cl)cc1.CC(C)c1ccc(C(F)(F)F)cn1.CC(C)c1ccc(C(F)(F)F)nc1.CC(C)c1ccc(Cl)nc1.CC(C)c1cccc(O)c1.COc1cccc(C(C)C)c1.COc1cccc(C(C)C)c1.Cc1cccc(C(C)C)c1. The number of methoxy groups -OCH3 is 2. The number of hydrogen-bond donors (Lipinski definition) is 1. The summed E-state index contributed by atoms with van der Waals surface area (Å²) in [6.07, 6.45) is -3.54. The van der Waals surface area contributed by atoms with Crippen LogP contribution in [0.3, 0.4) is 0 Å². The fourth-order valence-corrected chi connectivity index (χ4v) is 7.80. The summed E-state index contributed by atoms with van der Waals surface area (Å²) in [5.74, 6) is 6.14. The predicted octanol–water partition coefficient (Wildman–Crippen LogP) is 24.1. The standard InChI is InChI=1S/C10H13Cl.2C10H14O.C10H14.2C9H10F3N.C9H12O.C8H10ClN/c1-8(2)7-9-3-5-10(11)6-4-9;2*1-8(2)9-5-4-6-10(7-9)11-3;1-8(2)10-6-4-5-9(3)7-10;1-6(2)8-4-3-7(5-13-8)9(10,11)12;1-6(2)7-3-4-8(13-5-7)9(10,11)12;1-7(2)8-4-3-5-9(10)6-8;1-6(2)7-3-4-8(9)10-5-7/h3-6,8H,7H2,1-2H3;2*4-8H,1-3H3;4-8H,1-3H3;2*3-6H,1-2H3;3-7,10H,1-2H3;3-6H,1-2H3. The molecule has 0 bridgehead atoms. The first kappa shape index (κ1) is 80.1. The Kier molecular flexibility index (Phi) is 37.3. The van der Waals surface area contributed by atoms with E-state index in [9.17, 15) is 26.3 Å². The molecule has 3 aromatic heterocycles. The highest BCUT2D eigenvalue weighted by atomic mass is 35.5. The molecule has 3 heterocycles. The van der Waals surface area contributed by atoms with E-state index < -0.39 is 23.6 Å². The number of pyridine rings is 3. The molecule has 1 N–H and O–H groups in total. The molecule has 5 aromatic carbocycles. The van der Waals surface area contributed by atoms with E-state index in [1.54, 1.807) is 26.4 Å². The second-order valence-electron chi connectivity index (χ2n) is 23.7. The van der Waals surface area contributed by atoms with Crippen LogP contribution in [0.5, 0.6) is 17.2 Å². The van der Waals surface area contributed by atoms with Gasteiger partial charge in [-0.25, -0.2) is 4.98 Å². The van der Waals surface area contributed by atoms with E-state index in [1.165, 1.54) is 57.3 Å². The predicted molar refractivity (Wildman–Crippen MR) is 362 cm³/mol. The maximum atomic E-state index is 12.1. The number of benzene rings is 5. The third-order valence-corrected chi connectivity index (χ3v) is 13.7. The molecular weight excluding hydrogens is 1180 g/mol. The van der Waals surface area contributed by atoms with Crippen LogP contribution in [0.4, 0.5) is 26.3 Å². The quantitative estimate of drug-likeness (QED) is 0.103. The number of ether oxygens (including phenoxy) is 2. The molecule has 0 unspecified atom stereocenters. The zero-order chi connectivity index (χ0) is 67.6. The normalized spacial score (nSPS) is 10.9. The zero-order valence-corrected chi connectivity index (χ0v) is 57.2. The molecule has 6 nitrogen and oxygen atoms in total. The van der Waals surface area contributed by atoms with E-state index in [0.29, 0.717) is 46.2 Å². The average Bonchev–Trinajstić information content (AvgIpc) is 2.83. The Labute approximate surface area is 539 Å². The molecule has 486 valence electrons. The number of aromatic nitrogens is 3. The second kappa shape index (κ2) is 41.4. The van der Waals surface area contributed by atoms with E-state index >= 15 is 0 Å². The van der Waals surface area contributed by atoms with Crippen LogP contribution in [0.25, 0.3) is 0 Å². The van der Waals surface area contributed by atoms with Gasteiger partial charge in [0.1, 0.15) is 28.1 Å². The van der Waals surface area contributed by atoms with Crippen molar-refractivity contribution >= 4 is 23.2 Å². The topological polar surface area (TPSA) is 77.4 Å². The van der Waals surface area contributed by atoms with Gasteiger partial charge in [-0.15, -0.1) is 0 Å². The van der Waals surface area contributed by atoms with Gasteiger partial charge in [-0.05, 0) is 172 Å². The van der Waals surface area contributed by atoms with Crippen molar-refractivity contribution in [1.29, 1.82) is 0 Å². The van der Waals surface area contributed by atoms with E-state index in [0.717, 1.165) is 52.8 Å². The van der Waals surface area contributed by atoms with Crippen molar-refractivity contribution in [2.24, 2.45) is 5.92 Å². The molecule has 8 rings (SSSR count). The summed E-state index contributed by atoms with van der Waals surface area (Å²) in [6, 6.07) is 49.2. The first-order chi connectivity index (χ1) is 41.6. The van der Waals surface area contributed by atoms with Gasteiger partial charge in [0.25, 0.3) is 0 Å². The van der Waals surface area contributed by atoms with Crippen molar-refractivity contribution in [1.82, 2.24) is 15.0 Å². The first-order valence-electron chi connectivity index (χ1n) is 30.1. The van der Waals surface area contributed by atoms with Gasteiger partial charge in [-0.3, -0.25) is 9.97 Å². The number of aromatic hydroxyl groups is 1. The molecule has 0 spiro atoms. The zero-order valence-electron chi connectivity index (χ0n) is 55.7. The fraction of sp³-hybridized carbons (Fsp3) is 0.400. The van der Waals surface area contributed by atoms with Crippen LogP contribution in [-0.2, 0) is 18.8 Å². The van der Waals surface area contributed by atoms with Crippen molar-refractivity contribution in [3.63, 3.8) is 0 Å². The van der Waals surface area contributed by atoms with Gasteiger partial charge in [0, 0.05) is 29.3 Å². The molecule has 0 fully saturated rings. The van der Waals surface area contributed by atoms with E-state index in [1.807, 2.05) is 94.6 Å². The number of aryl methyl sites for hydroxylation is 1. The number of nitrogens with zero attached hydrogens (tertiary/aromatic N) is 3. The highest BCUT2D eigenvalue weighted by Gasteiger charge is 2.32. The van der Waals surface area contributed by atoms with Gasteiger partial charge in [-0.1, -0.05) is 224 Å². The largest absolute Gasteiger partial charge is 0.508 e. The lowest BCUT2D eigenvalue weighted by molar-refractivity contribution is -0.141. The van der Waals surface area contributed by atoms with Gasteiger partial charge in [0.05, 0.1) is 19.8 Å². The molecule has 14 heteroatoms. The monoisotopic (exact) mass is 1270 g/mol. The summed E-state index contributed by atoms with van der Waals surface area (Å²) in [7, 11) is 3.39. The summed E-state index contributed by atoms with van der Waals surface area (Å²) in [6.45, 7) is 35.8. The van der Waals surface area contributed by atoms with Crippen LogP contribution in [0.2, 0.25) is 10.2 Å². The Balaban J connectivity index is 0.000000509. The minimum atomic E-state index is -4.34. The molecule has 0 atom stereocenters. The van der Waals surface area contributed by atoms with Crippen LogP contribution in [0, 0.1) is 12.8 Å². The number of rotatable bonds is 11. The summed E-state index contributed by atoms with van der Waals surface area (Å²) in [4.78, 5) is 11.0. The summed E-state index contributed by atoms with van der Waals surface area (Å²) in [5, 5.41) is 10.4. The number of halogens is 8. The molecule has 8 aromatic rings. The van der Waals surface area contributed by atoms with Gasteiger partial charge in [0.15, 0.2) is 0 Å². The summed E-state index contributed by atoms with van der Waals surface area (Å²) < 4.78 is 82.6. The van der Waals surface area contributed by atoms with Crippen LogP contribution in [0.15, 0.2) is 176 Å². The van der Waals surface area contributed by atoms with Crippen molar-refractivity contribution < 1.29 is 40.9 Å². The lowest BCUT2D eigenvalue weighted by atomic mass is 10.0. The maximum Gasteiger partial charge on any atom is 0.433 e. The molecule has 0 aliphatic rings. The van der Waals surface area contributed by atoms with Gasteiger partial charge >= 0.3 is 12.4 Å². The summed E-state index contributed by atoms with van der Waals surface area (Å²) in [5.41, 5.74) is 9.16. The third kappa shape index (κ3) is 34.6. The second-order valence-corrected chi connectivity index (χ2v) is 24.6. The third-order valence-electron chi connectivity index (χ3n) is 13.2. The first-order valence-corrected chi connectivity index (χ1v) is 30.9. The van der Waals surface area contributed by atoms with E-state index in [-0.39, 0.29) is 11.8 Å². The lowest BCUT2D eigenvalue weighted by Crippen LogP contribution is -2.07. The van der Waals surface area contributed by atoms with Crippen molar-refractivity contribution in [2.75, 3.05) is 14.2 Å². The van der Waals surface area contributed by atoms with E-state index in [4.69, 9.17) is 37.8 Å². The number of phenolic OH excluding ortho intramolecular Hbond substituents is 1. The Hall–Kier alpha value is -6.89. The Bertz CT molecular complexity index is 2980. The Morgan fingerprint density at radius 3 is 1.16 bits per heavy atom. The number of alkyl halides is 6. The number of phenols is 1. The smallest absolute Gasteiger partial charge is 0.433 e. The Morgan fingerprint density at radius 1 is 0.416 bits per heavy atom. The molecule has 0 radical (unpaired) electrons. The maximum absolute atomic E-state index is 12.1. The van der Waals surface area contributed by atoms with Crippen molar-refractivity contribution in [3.8, 4) is 17.2 Å². The molecule has 0 saturated carbocycles. The minimum absolute atomic E-state index is 0.155. The van der Waals surface area contributed by atoms with Gasteiger partial charge < -0.3 is 14.6 Å². The molecule has 0 aliphatic heterocycles. The van der Waals surface area contributed by atoms with Crippen LogP contribution < -0.4 is 9.47 Å². The Morgan fingerprint density at radius 2 is 0.843 bits per heavy atom. The van der Waals surface area contributed by atoms with Crippen LogP contribution in [0.1, 0.15) is 214 Å². The lowest BCUT2D eigenvalue weighted by Gasteiger charge is -2.08.